The van der Waals surface area contributed by atoms with Crippen molar-refractivity contribution >= 4 is 52.5 Å². The van der Waals surface area contributed by atoms with Crippen molar-refractivity contribution < 1.29 is 9.59 Å². The predicted molar refractivity (Wildman–Crippen MR) is 132 cm³/mol. The number of thiocarbonyl (C=S) groups is 1. The molecular weight excluding hydrogens is 442 g/mol. The van der Waals surface area contributed by atoms with Crippen LogP contribution in [0.15, 0.2) is 54.1 Å². The number of amides is 2. The Labute approximate surface area is 197 Å². The third-order valence-electron chi connectivity index (χ3n) is 5.42. The molecule has 1 aromatic heterocycles. The molecule has 7 heteroatoms. The lowest BCUT2D eigenvalue weighted by Gasteiger charge is -2.28. The minimum absolute atomic E-state index is 0.0224. The van der Waals surface area contributed by atoms with E-state index in [1.807, 2.05) is 19.9 Å². The van der Waals surface area contributed by atoms with Gasteiger partial charge in [-0.2, -0.15) is 0 Å². The molecule has 0 unspecified atom stereocenters. The van der Waals surface area contributed by atoms with Gasteiger partial charge in [0.15, 0.2) is 5.11 Å². The van der Waals surface area contributed by atoms with Gasteiger partial charge in [0, 0.05) is 22.1 Å². The number of hydrogen-bond acceptors (Lipinski definition) is 3. The highest BCUT2D eigenvalue weighted by molar-refractivity contribution is 7.80. The first-order valence-corrected chi connectivity index (χ1v) is 10.9. The van der Waals surface area contributed by atoms with Crippen LogP contribution in [0.1, 0.15) is 28.1 Å². The van der Waals surface area contributed by atoms with E-state index in [1.165, 1.54) is 16.0 Å². The van der Waals surface area contributed by atoms with E-state index in [0.717, 1.165) is 22.6 Å². The molecule has 1 saturated heterocycles. The van der Waals surface area contributed by atoms with Gasteiger partial charge >= 0.3 is 0 Å². The molecular formula is C25H22ClN3O2S. The fourth-order valence-corrected chi connectivity index (χ4v) is 4.46. The Kier molecular flexibility index (Phi) is 5.75. The highest BCUT2D eigenvalue weighted by atomic mass is 35.5. The number of rotatable bonds is 3. The van der Waals surface area contributed by atoms with E-state index in [4.69, 9.17) is 23.8 Å². The summed E-state index contributed by atoms with van der Waals surface area (Å²) < 4.78 is 2.12. The van der Waals surface area contributed by atoms with Crippen LogP contribution in [-0.2, 0) is 9.59 Å². The molecule has 0 spiro atoms. The van der Waals surface area contributed by atoms with E-state index in [2.05, 4.69) is 41.9 Å². The van der Waals surface area contributed by atoms with Gasteiger partial charge in [0.2, 0.25) is 0 Å². The Morgan fingerprint density at radius 3 is 2.16 bits per heavy atom. The van der Waals surface area contributed by atoms with E-state index in [0.29, 0.717) is 10.7 Å². The van der Waals surface area contributed by atoms with Gasteiger partial charge < -0.3 is 4.57 Å². The van der Waals surface area contributed by atoms with Gasteiger partial charge in [-0.1, -0.05) is 17.7 Å². The zero-order valence-corrected chi connectivity index (χ0v) is 19.8. The minimum Gasteiger partial charge on any atom is -0.318 e. The summed E-state index contributed by atoms with van der Waals surface area (Å²) in [6.07, 6.45) is 1.63. The maximum atomic E-state index is 13.3. The first-order chi connectivity index (χ1) is 15.2. The van der Waals surface area contributed by atoms with Crippen molar-refractivity contribution in [1.82, 2.24) is 9.88 Å². The minimum atomic E-state index is -0.513. The van der Waals surface area contributed by atoms with Crippen LogP contribution in [0.3, 0.4) is 0 Å². The third-order valence-corrected chi connectivity index (χ3v) is 5.96. The standard InChI is InChI=1S/C25H22ClN3O2S/c1-14-9-15(2)11-21(10-14)28-16(3)12-18(17(28)4)13-22-23(30)27-25(32)29(24(22)31)20-7-5-19(26)6-8-20/h5-13H,1-4H3,(H,27,30,32)/b22-13-. The molecule has 2 amide bonds. The smallest absolute Gasteiger partial charge is 0.270 e. The lowest BCUT2D eigenvalue weighted by molar-refractivity contribution is -0.122. The maximum Gasteiger partial charge on any atom is 0.270 e. The second-order valence-corrected chi connectivity index (χ2v) is 8.77. The van der Waals surface area contributed by atoms with Crippen LogP contribution >= 0.6 is 23.8 Å². The van der Waals surface area contributed by atoms with Crippen molar-refractivity contribution in [2.24, 2.45) is 0 Å². The lowest BCUT2D eigenvalue weighted by atomic mass is 10.1. The fraction of sp³-hybridized carbons (Fsp3) is 0.160. The molecule has 0 radical (unpaired) electrons. The molecule has 1 fully saturated rings. The van der Waals surface area contributed by atoms with Crippen LogP contribution in [-0.4, -0.2) is 21.5 Å². The van der Waals surface area contributed by atoms with Crippen LogP contribution in [0.5, 0.6) is 0 Å². The van der Waals surface area contributed by atoms with Gasteiger partial charge in [0.25, 0.3) is 11.8 Å². The molecule has 1 aliphatic heterocycles. The second kappa shape index (κ2) is 8.37. The summed E-state index contributed by atoms with van der Waals surface area (Å²) in [6, 6.07) is 15.0. The Morgan fingerprint density at radius 1 is 0.906 bits per heavy atom. The van der Waals surface area contributed by atoms with Crippen molar-refractivity contribution in [3.8, 4) is 5.69 Å². The van der Waals surface area contributed by atoms with Gasteiger partial charge in [-0.3, -0.25) is 19.8 Å². The Hall–Kier alpha value is -3.22. The number of anilines is 1. The Bertz CT molecular complexity index is 1290. The number of carbonyl (C=O) groups excluding carboxylic acids is 2. The van der Waals surface area contributed by atoms with Crippen molar-refractivity contribution in [2.75, 3.05) is 4.90 Å². The van der Waals surface area contributed by atoms with Gasteiger partial charge in [-0.25, -0.2) is 0 Å². The van der Waals surface area contributed by atoms with Crippen LogP contribution in [0, 0.1) is 27.7 Å². The maximum absolute atomic E-state index is 13.3. The summed E-state index contributed by atoms with van der Waals surface area (Å²) in [5.74, 6) is -0.987. The number of aryl methyl sites for hydroxylation is 3. The highest BCUT2D eigenvalue weighted by Gasteiger charge is 2.34. The number of halogens is 1. The van der Waals surface area contributed by atoms with Crippen LogP contribution in [0.4, 0.5) is 5.69 Å². The fourth-order valence-electron chi connectivity index (χ4n) is 4.05. The molecule has 0 atom stereocenters. The summed E-state index contributed by atoms with van der Waals surface area (Å²) in [5.41, 5.74) is 6.68. The quantitative estimate of drug-likeness (QED) is 0.330. The van der Waals surface area contributed by atoms with Gasteiger partial charge in [-0.05, 0) is 105 Å². The molecule has 2 heterocycles. The van der Waals surface area contributed by atoms with Gasteiger partial charge in [0.1, 0.15) is 5.57 Å². The SMILES string of the molecule is Cc1cc(C)cc(-n2c(C)cc(/C=C3/C(=O)NC(=S)N(c4ccc(Cl)cc4)C3=O)c2C)c1. The normalized spacial score (nSPS) is 15.5. The number of benzene rings is 2. The van der Waals surface area contributed by atoms with E-state index >= 15 is 0 Å². The van der Waals surface area contributed by atoms with Crippen LogP contribution < -0.4 is 10.2 Å². The van der Waals surface area contributed by atoms with Crippen LogP contribution in [0.25, 0.3) is 11.8 Å². The number of aromatic nitrogens is 1. The molecule has 2 aromatic carbocycles. The van der Waals surface area contributed by atoms with Crippen molar-refractivity contribution in [2.45, 2.75) is 27.7 Å². The number of carbonyl (C=O) groups is 2. The number of nitrogens with one attached hydrogen (secondary N) is 1. The third kappa shape index (κ3) is 3.99. The summed E-state index contributed by atoms with van der Waals surface area (Å²) in [4.78, 5) is 27.2. The molecule has 32 heavy (non-hydrogen) atoms. The van der Waals surface area contributed by atoms with Gasteiger partial charge in [0.05, 0.1) is 5.69 Å². The summed E-state index contributed by atoms with van der Waals surface area (Å²) in [5, 5.41) is 3.21. The Morgan fingerprint density at radius 2 is 1.53 bits per heavy atom. The molecule has 4 rings (SSSR count). The average molecular weight is 464 g/mol. The summed E-state index contributed by atoms with van der Waals surface area (Å²) in [7, 11) is 0. The van der Waals surface area contributed by atoms with E-state index in [9.17, 15) is 9.59 Å². The zero-order chi connectivity index (χ0) is 23.2. The van der Waals surface area contributed by atoms with Crippen molar-refractivity contribution in [3.63, 3.8) is 0 Å². The first-order valence-electron chi connectivity index (χ1n) is 10.1. The summed E-state index contributed by atoms with van der Waals surface area (Å²) in [6.45, 7) is 8.11. The molecule has 0 saturated carbocycles. The van der Waals surface area contributed by atoms with Gasteiger partial charge in [-0.15, -0.1) is 0 Å². The molecule has 0 aliphatic carbocycles. The molecule has 5 nitrogen and oxygen atoms in total. The Balaban J connectivity index is 1.77. The first kappa shape index (κ1) is 22.0. The molecule has 3 aromatic rings. The zero-order valence-electron chi connectivity index (χ0n) is 18.2. The highest BCUT2D eigenvalue weighted by Crippen LogP contribution is 2.27. The van der Waals surface area contributed by atoms with E-state index < -0.39 is 11.8 Å². The lowest BCUT2D eigenvalue weighted by Crippen LogP contribution is -2.54. The van der Waals surface area contributed by atoms with Crippen molar-refractivity contribution in [1.29, 1.82) is 0 Å². The van der Waals surface area contributed by atoms with E-state index in [-0.39, 0.29) is 10.7 Å². The topological polar surface area (TPSA) is 54.3 Å². The largest absolute Gasteiger partial charge is 0.318 e. The second-order valence-electron chi connectivity index (χ2n) is 7.94. The molecule has 0 bridgehead atoms. The molecule has 1 aliphatic rings. The monoisotopic (exact) mass is 463 g/mol. The molecule has 162 valence electrons. The number of hydrogen-bond donors (Lipinski definition) is 1. The van der Waals surface area contributed by atoms with E-state index in [1.54, 1.807) is 30.3 Å². The molecule has 1 N–H and O–H groups in total. The van der Waals surface area contributed by atoms with Crippen molar-refractivity contribution in [3.05, 3.63) is 87.2 Å². The summed E-state index contributed by atoms with van der Waals surface area (Å²) >= 11 is 11.2. The number of nitrogens with zero attached hydrogens (tertiary/aromatic N) is 2. The predicted octanol–water partition coefficient (Wildman–Crippen LogP) is 5.20. The average Bonchev–Trinajstić information content (AvgIpc) is 2.98. The van der Waals surface area contributed by atoms with Crippen LogP contribution in [0.2, 0.25) is 5.02 Å².